The summed E-state index contributed by atoms with van der Waals surface area (Å²) < 4.78 is 1.80. The normalized spacial score (nSPS) is 20.9. The average molecular weight is 305 g/mol. The molecule has 0 saturated carbocycles. The number of carboxylic acids is 1. The predicted molar refractivity (Wildman–Crippen MR) is 82.1 cm³/mol. The summed E-state index contributed by atoms with van der Waals surface area (Å²) in [5, 5.41) is 13.7. The van der Waals surface area contributed by atoms with Crippen molar-refractivity contribution in [2.75, 3.05) is 7.05 Å². The maximum Gasteiger partial charge on any atom is 0.307 e. The highest BCUT2D eigenvalue weighted by Gasteiger charge is 2.35. The molecular weight excluding hydrogens is 282 g/mol. The van der Waals surface area contributed by atoms with Gasteiger partial charge in [-0.2, -0.15) is 5.10 Å². The lowest BCUT2D eigenvalue weighted by Gasteiger charge is -2.28. The van der Waals surface area contributed by atoms with Gasteiger partial charge in [-0.25, -0.2) is 0 Å². The summed E-state index contributed by atoms with van der Waals surface area (Å²) in [6.45, 7) is 4.35. The lowest BCUT2D eigenvalue weighted by Crippen LogP contribution is -2.39. The zero-order valence-electron chi connectivity index (χ0n) is 13.5. The van der Waals surface area contributed by atoms with Crippen LogP contribution in [0.4, 0.5) is 0 Å². The number of aromatic nitrogens is 2. The Hall–Kier alpha value is -2.11. The van der Waals surface area contributed by atoms with Crippen molar-refractivity contribution in [3.63, 3.8) is 0 Å². The van der Waals surface area contributed by atoms with Gasteiger partial charge in [0.15, 0.2) is 0 Å². The largest absolute Gasteiger partial charge is 0.481 e. The maximum absolute atomic E-state index is 12.6. The van der Waals surface area contributed by atoms with Crippen molar-refractivity contribution in [2.45, 2.75) is 33.2 Å². The van der Waals surface area contributed by atoms with E-state index in [-0.39, 0.29) is 5.91 Å². The third-order valence-electron chi connectivity index (χ3n) is 4.50. The van der Waals surface area contributed by atoms with Gasteiger partial charge in [0, 0.05) is 31.9 Å². The van der Waals surface area contributed by atoms with Gasteiger partial charge in [-0.05, 0) is 26.7 Å². The number of carbonyl (C=O) groups is 2. The quantitative estimate of drug-likeness (QED) is 0.858. The van der Waals surface area contributed by atoms with Crippen LogP contribution in [0.15, 0.2) is 12.2 Å². The molecule has 1 N–H and O–H groups in total. The van der Waals surface area contributed by atoms with Crippen LogP contribution in [0.2, 0.25) is 0 Å². The zero-order chi connectivity index (χ0) is 16.4. The molecule has 1 aliphatic carbocycles. The molecule has 0 aromatic carbocycles. The van der Waals surface area contributed by atoms with E-state index in [9.17, 15) is 14.7 Å². The van der Waals surface area contributed by atoms with Crippen LogP contribution in [0, 0.1) is 25.7 Å². The van der Waals surface area contributed by atoms with Crippen molar-refractivity contribution < 1.29 is 14.7 Å². The van der Waals surface area contributed by atoms with E-state index in [0.717, 1.165) is 17.0 Å². The third-order valence-corrected chi connectivity index (χ3v) is 4.50. The van der Waals surface area contributed by atoms with E-state index in [4.69, 9.17) is 0 Å². The van der Waals surface area contributed by atoms with Crippen LogP contribution in [0.25, 0.3) is 0 Å². The number of hydrogen-bond donors (Lipinski definition) is 1. The molecule has 0 fully saturated rings. The molecule has 120 valence electrons. The first-order chi connectivity index (χ1) is 10.3. The van der Waals surface area contributed by atoms with E-state index >= 15 is 0 Å². The highest BCUT2D eigenvalue weighted by atomic mass is 16.4. The Morgan fingerprint density at radius 2 is 1.91 bits per heavy atom. The summed E-state index contributed by atoms with van der Waals surface area (Å²) in [6, 6.07) is 0. The van der Waals surface area contributed by atoms with E-state index in [0.29, 0.717) is 19.4 Å². The minimum Gasteiger partial charge on any atom is -0.481 e. The van der Waals surface area contributed by atoms with Crippen LogP contribution >= 0.6 is 0 Å². The van der Waals surface area contributed by atoms with Crippen LogP contribution in [-0.4, -0.2) is 38.7 Å². The average Bonchev–Trinajstić information content (AvgIpc) is 2.72. The Balaban J connectivity index is 2.14. The molecule has 0 saturated heterocycles. The standard InChI is InChI=1S/C16H23N3O3/c1-10-14(11(2)19(4)17-10)9-18(3)15(20)12-7-5-6-8-13(12)16(21)22/h5-6,12-13H,7-9H2,1-4H3,(H,21,22)/t12-,13+/m0/s1. The van der Waals surface area contributed by atoms with E-state index in [1.165, 1.54) is 0 Å². The fraction of sp³-hybridized carbons (Fsp3) is 0.562. The number of carbonyl (C=O) groups excluding carboxylic acids is 1. The minimum absolute atomic E-state index is 0.112. The summed E-state index contributed by atoms with van der Waals surface area (Å²) in [7, 11) is 3.60. The number of carboxylic acid groups (broad SMARTS) is 1. The SMILES string of the molecule is Cc1nn(C)c(C)c1CN(C)C(=O)[C@H]1CC=CC[C@H]1C(=O)O. The molecule has 1 heterocycles. The van der Waals surface area contributed by atoms with E-state index in [1.54, 1.807) is 16.6 Å². The monoisotopic (exact) mass is 305 g/mol. The molecule has 1 aromatic heterocycles. The van der Waals surface area contributed by atoms with E-state index in [2.05, 4.69) is 5.10 Å². The van der Waals surface area contributed by atoms with Crippen LogP contribution in [-0.2, 0) is 23.2 Å². The van der Waals surface area contributed by atoms with Crippen LogP contribution in [0.3, 0.4) is 0 Å². The number of nitrogens with zero attached hydrogens (tertiary/aromatic N) is 3. The third kappa shape index (κ3) is 3.05. The summed E-state index contributed by atoms with van der Waals surface area (Å²) in [5.41, 5.74) is 2.95. The summed E-state index contributed by atoms with van der Waals surface area (Å²) in [5.74, 6) is -2.12. The van der Waals surface area contributed by atoms with Crippen molar-refractivity contribution in [1.82, 2.24) is 14.7 Å². The number of allylic oxidation sites excluding steroid dienone is 2. The van der Waals surface area contributed by atoms with Crippen molar-refractivity contribution in [2.24, 2.45) is 18.9 Å². The van der Waals surface area contributed by atoms with Gasteiger partial charge in [-0.3, -0.25) is 14.3 Å². The topological polar surface area (TPSA) is 75.4 Å². The summed E-state index contributed by atoms with van der Waals surface area (Å²) >= 11 is 0. The number of hydrogen-bond acceptors (Lipinski definition) is 3. The van der Waals surface area contributed by atoms with Gasteiger partial charge in [0.05, 0.1) is 17.5 Å². The second-order valence-electron chi connectivity index (χ2n) is 5.96. The molecule has 1 amide bonds. The van der Waals surface area contributed by atoms with Crippen molar-refractivity contribution in [1.29, 1.82) is 0 Å². The number of aryl methyl sites for hydroxylation is 2. The first-order valence-corrected chi connectivity index (χ1v) is 7.44. The highest BCUT2D eigenvalue weighted by Crippen LogP contribution is 2.28. The van der Waals surface area contributed by atoms with Gasteiger partial charge in [0.1, 0.15) is 0 Å². The van der Waals surface area contributed by atoms with Crippen LogP contribution in [0.5, 0.6) is 0 Å². The Kier molecular flexibility index (Phi) is 4.68. The highest BCUT2D eigenvalue weighted by molar-refractivity contribution is 5.85. The molecule has 0 radical (unpaired) electrons. The fourth-order valence-corrected chi connectivity index (χ4v) is 3.00. The van der Waals surface area contributed by atoms with E-state index < -0.39 is 17.8 Å². The molecule has 0 bridgehead atoms. The predicted octanol–water partition coefficient (Wildman–Crippen LogP) is 1.66. The number of rotatable bonds is 4. The molecule has 22 heavy (non-hydrogen) atoms. The molecule has 0 aliphatic heterocycles. The van der Waals surface area contributed by atoms with Crippen LogP contribution in [0.1, 0.15) is 29.8 Å². The fourth-order valence-electron chi connectivity index (χ4n) is 3.00. The molecule has 6 nitrogen and oxygen atoms in total. The van der Waals surface area contributed by atoms with Crippen molar-refractivity contribution in [3.05, 3.63) is 29.1 Å². The molecule has 2 rings (SSSR count). The molecular formula is C16H23N3O3. The van der Waals surface area contributed by atoms with Crippen LogP contribution < -0.4 is 0 Å². The maximum atomic E-state index is 12.6. The number of aliphatic carboxylic acids is 1. The van der Waals surface area contributed by atoms with Gasteiger partial charge < -0.3 is 10.0 Å². The first kappa shape index (κ1) is 16.3. The van der Waals surface area contributed by atoms with Gasteiger partial charge in [0.2, 0.25) is 5.91 Å². The Morgan fingerprint density at radius 3 is 2.41 bits per heavy atom. The number of amides is 1. The summed E-state index contributed by atoms with van der Waals surface area (Å²) in [6.07, 6.45) is 4.66. The molecule has 6 heteroatoms. The van der Waals surface area contributed by atoms with Crippen molar-refractivity contribution >= 4 is 11.9 Å². The van der Waals surface area contributed by atoms with Gasteiger partial charge in [-0.1, -0.05) is 12.2 Å². The summed E-state index contributed by atoms with van der Waals surface area (Å²) in [4.78, 5) is 25.6. The lowest BCUT2D eigenvalue weighted by atomic mass is 9.82. The Labute approximate surface area is 130 Å². The van der Waals surface area contributed by atoms with Gasteiger partial charge in [-0.15, -0.1) is 0 Å². The molecule has 0 unspecified atom stereocenters. The molecule has 1 aliphatic rings. The van der Waals surface area contributed by atoms with Gasteiger partial charge in [0.25, 0.3) is 0 Å². The molecule has 1 aromatic rings. The second kappa shape index (κ2) is 6.34. The second-order valence-corrected chi connectivity index (χ2v) is 5.96. The molecule has 0 spiro atoms. The Bertz CT molecular complexity index is 618. The molecule has 2 atom stereocenters. The van der Waals surface area contributed by atoms with Gasteiger partial charge >= 0.3 is 5.97 Å². The first-order valence-electron chi connectivity index (χ1n) is 7.44. The zero-order valence-corrected chi connectivity index (χ0v) is 13.5. The van der Waals surface area contributed by atoms with E-state index in [1.807, 2.05) is 33.0 Å². The lowest BCUT2D eigenvalue weighted by molar-refractivity contribution is -0.150. The minimum atomic E-state index is -0.898. The smallest absolute Gasteiger partial charge is 0.307 e. The Morgan fingerprint density at radius 1 is 1.32 bits per heavy atom. The van der Waals surface area contributed by atoms with Crippen molar-refractivity contribution in [3.8, 4) is 0 Å².